The fourth-order valence-electron chi connectivity index (χ4n) is 3.29. The highest BCUT2D eigenvalue weighted by molar-refractivity contribution is 6.35. The molecular formula is C25H19Cl2FN4O. The van der Waals surface area contributed by atoms with Crippen molar-refractivity contribution in [3.63, 3.8) is 0 Å². The van der Waals surface area contributed by atoms with Gasteiger partial charge in [0.15, 0.2) is 0 Å². The number of carbonyl (C=O) groups excluding carboxylic acids is 1. The summed E-state index contributed by atoms with van der Waals surface area (Å²) in [5.74, 6) is -0.666. The van der Waals surface area contributed by atoms with Crippen molar-refractivity contribution in [1.82, 2.24) is 15.2 Å². The van der Waals surface area contributed by atoms with Crippen molar-refractivity contribution >= 4 is 35.3 Å². The molecule has 1 aromatic heterocycles. The third-order valence-electron chi connectivity index (χ3n) is 4.91. The molecule has 0 atom stereocenters. The summed E-state index contributed by atoms with van der Waals surface area (Å²) in [6, 6.07) is 20.8. The van der Waals surface area contributed by atoms with Gasteiger partial charge >= 0.3 is 0 Å². The van der Waals surface area contributed by atoms with Crippen LogP contribution in [-0.4, -0.2) is 21.9 Å². The minimum atomic E-state index is -0.348. The van der Waals surface area contributed by atoms with Gasteiger partial charge in [-0.3, -0.25) is 9.48 Å². The van der Waals surface area contributed by atoms with Crippen molar-refractivity contribution in [2.24, 2.45) is 5.10 Å². The molecule has 1 N–H and O–H groups in total. The normalized spacial score (nSPS) is 11.1. The molecule has 33 heavy (non-hydrogen) atoms. The number of rotatable bonds is 7. The van der Waals surface area contributed by atoms with Crippen molar-refractivity contribution in [2.45, 2.75) is 13.0 Å². The zero-order valence-corrected chi connectivity index (χ0v) is 18.9. The summed E-state index contributed by atoms with van der Waals surface area (Å²) in [5.41, 5.74) is 6.32. The summed E-state index contributed by atoms with van der Waals surface area (Å²) in [7, 11) is 0. The summed E-state index contributed by atoms with van der Waals surface area (Å²) in [6.07, 6.45) is 3.47. The monoisotopic (exact) mass is 480 g/mol. The van der Waals surface area contributed by atoms with Crippen molar-refractivity contribution in [3.8, 4) is 11.1 Å². The van der Waals surface area contributed by atoms with Gasteiger partial charge in [0, 0.05) is 27.4 Å². The van der Waals surface area contributed by atoms with Gasteiger partial charge in [0.2, 0.25) is 5.91 Å². The van der Waals surface area contributed by atoms with Crippen molar-refractivity contribution in [2.75, 3.05) is 0 Å². The molecular weight excluding hydrogens is 462 g/mol. The third kappa shape index (κ3) is 5.86. The van der Waals surface area contributed by atoms with Gasteiger partial charge in [0.1, 0.15) is 11.5 Å². The second-order valence-corrected chi connectivity index (χ2v) is 8.10. The number of aromatic nitrogens is 2. The average molecular weight is 481 g/mol. The highest BCUT2D eigenvalue weighted by atomic mass is 35.5. The SMILES string of the molecule is O=C(Cc1ccc(F)cc1)N/N=C/c1nn(Cc2c(Cl)cccc2Cl)cc1-c1ccccc1. The third-order valence-corrected chi connectivity index (χ3v) is 5.62. The van der Waals surface area contributed by atoms with Crippen LogP contribution in [0.4, 0.5) is 4.39 Å². The molecule has 3 aromatic carbocycles. The summed E-state index contributed by atoms with van der Waals surface area (Å²) < 4.78 is 14.8. The number of hydrogen-bond donors (Lipinski definition) is 1. The smallest absolute Gasteiger partial charge is 0.244 e. The number of nitrogens with zero attached hydrogens (tertiary/aromatic N) is 3. The van der Waals surface area contributed by atoms with Crippen LogP contribution < -0.4 is 5.43 Å². The molecule has 4 rings (SSSR count). The number of benzene rings is 3. The second kappa shape index (κ2) is 10.4. The van der Waals surface area contributed by atoms with Crippen molar-refractivity contribution in [1.29, 1.82) is 0 Å². The molecule has 0 aliphatic heterocycles. The molecule has 1 heterocycles. The molecule has 0 unspecified atom stereocenters. The molecule has 0 spiro atoms. The molecule has 5 nitrogen and oxygen atoms in total. The lowest BCUT2D eigenvalue weighted by molar-refractivity contribution is -0.120. The van der Waals surface area contributed by atoms with Gasteiger partial charge in [-0.1, -0.05) is 71.7 Å². The summed E-state index contributed by atoms with van der Waals surface area (Å²) in [4.78, 5) is 12.2. The fourth-order valence-corrected chi connectivity index (χ4v) is 3.81. The standard InChI is InChI=1S/C25H19Cl2FN4O/c26-22-7-4-8-23(27)21(22)16-32-15-20(18-5-2-1-3-6-18)24(31-32)14-29-30-25(33)13-17-9-11-19(28)12-10-17/h1-12,14-15H,13,16H2,(H,30,33)/b29-14+. The van der Waals surface area contributed by atoms with E-state index in [1.165, 1.54) is 18.3 Å². The summed E-state index contributed by atoms with van der Waals surface area (Å²) in [6.45, 7) is 0.378. The molecule has 0 aliphatic rings. The largest absolute Gasteiger partial charge is 0.273 e. The maximum atomic E-state index is 13.0. The Morgan fingerprint density at radius 2 is 1.70 bits per heavy atom. The Bertz CT molecular complexity index is 1270. The highest BCUT2D eigenvalue weighted by Crippen LogP contribution is 2.27. The Balaban J connectivity index is 1.54. The number of hydrazone groups is 1. The topological polar surface area (TPSA) is 59.3 Å². The van der Waals surface area contributed by atoms with E-state index < -0.39 is 0 Å². The molecule has 1 amide bonds. The lowest BCUT2D eigenvalue weighted by Gasteiger charge is -2.06. The number of nitrogens with one attached hydrogen (secondary N) is 1. The number of hydrogen-bond acceptors (Lipinski definition) is 3. The average Bonchev–Trinajstić information content (AvgIpc) is 3.21. The van der Waals surface area contributed by atoms with E-state index >= 15 is 0 Å². The highest BCUT2D eigenvalue weighted by Gasteiger charge is 2.13. The van der Waals surface area contributed by atoms with Gasteiger partial charge in [-0.05, 0) is 35.4 Å². The lowest BCUT2D eigenvalue weighted by Crippen LogP contribution is -2.19. The Morgan fingerprint density at radius 3 is 2.39 bits per heavy atom. The molecule has 4 aromatic rings. The first-order chi connectivity index (χ1) is 16.0. The predicted molar refractivity (Wildman–Crippen MR) is 129 cm³/mol. The van der Waals surface area contributed by atoms with Crippen LogP contribution in [0.1, 0.15) is 16.8 Å². The first-order valence-electron chi connectivity index (χ1n) is 10.1. The van der Waals surface area contributed by atoms with Crippen LogP contribution in [0.2, 0.25) is 10.0 Å². The van der Waals surface area contributed by atoms with Crippen LogP contribution in [0.15, 0.2) is 84.1 Å². The van der Waals surface area contributed by atoms with E-state index in [0.29, 0.717) is 27.8 Å². The molecule has 166 valence electrons. The predicted octanol–water partition coefficient (Wildman–Crippen LogP) is 5.74. The molecule has 0 bridgehead atoms. The van der Waals surface area contributed by atoms with Gasteiger partial charge in [0.05, 0.1) is 19.2 Å². The van der Waals surface area contributed by atoms with Crippen molar-refractivity contribution < 1.29 is 9.18 Å². The van der Waals surface area contributed by atoms with E-state index in [1.54, 1.807) is 35.0 Å². The zero-order valence-electron chi connectivity index (χ0n) is 17.4. The minimum absolute atomic E-state index is 0.0859. The van der Waals surface area contributed by atoms with Gasteiger partial charge in [-0.15, -0.1) is 0 Å². The van der Waals surface area contributed by atoms with Crippen LogP contribution in [0.5, 0.6) is 0 Å². The van der Waals surface area contributed by atoms with Crippen molar-refractivity contribution in [3.05, 3.63) is 112 Å². The van der Waals surface area contributed by atoms with Crippen LogP contribution in [0, 0.1) is 5.82 Å². The molecule has 0 fully saturated rings. The van der Waals surface area contributed by atoms with Gasteiger partial charge in [0.25, 0.3) is 0 Å². The molecule has 8 heteroatoms. The zero-order chi connectivity index (χ0) is 23.2. The lowest BCUT2D eigenvalue weighted by atomic mass is 10.1. The second-order valence-electron chi connectivity index (χ2n) is 7.29. The van der Waals surface area contributed by atoms with E-state index in [0.717, 1.165) is 16.7 Å². The Labute approximate surface area is 200 Å². The van der Waals surface area contributed by atoms with Gasteiger partial charge in [-0.2, -0.15) is 10.2 Å². The summed E-state index contributed by atoms with van der Waals surface area (Å²) >= 11 is 12.6. The maximum Gasteiger partial charge on any atom is 0.244 e. The van der Waals surface area contributed by atoms with E-state index in [9.17, 15) is 9.18 Å². The number of halogens is 3. The first-order valence-corrected chi connectivity index (χ1v) is 10.9. The Morgan fingerprint density at radius 1 is 1.00 bits per heavy atom. The Kier molecular flexibility index (Phi) is 7.17. The van der Waals surface area contributed by atoms with Crippen LogP contribution in [0.3, 0.4) is 0 Å². The number of carbonyl (C=O) groups is 1. The molecule has 0 radical (unpaired) electrons. The molecule has 0 aliphatic carbocycles. The summed E-state index contributed by atoms with van der Waals surface area (Å²) in [5, 5.41) is 9.80. The first kappa shape index (κ1) is 22.7. The van der Waals surface area contributed by atoms with Crippen LogP contribution >= 0.6 is 23.2 Å². The van der Waals surface area contributed by atoms with E-state index in [-0.39, 0.29) is 18.1 Å². The minimum Gasteiger partial charge on any atom is -0.273 e. The maximum absolute atomic E-state index is 13.0. The van der Waals surface area contributed by atoms with E-state index in [1.807, 2.05) is 36.5 Å². The van der Waals surface area contributed by atoms with Crippen LogP contribution in [0.25, 0.3) is 11.1 Å². The molecule has 0 saturated heterocycles. The number of amides is 1. The Hall–Kier alpha value is -3.48. The fraction of sp³-hybridized carbons (Fsp3) is 0.0800. The van der Waals surface area contributed by atoms with Crippen LogP contribution in [-0.2, 0) is 17.8 Å². The van der Waals surface area contributed by atoms with E-state index in [4.69, 9.17) is 23.2 Å². The quantitative estimate of drug-likeness (QED) is 0.271. The van der Waals surface area contributed by atoms with Gasteiger partial charge in [-0.25, -0.2) is 9.82 Å². The van der Waals surface area contributed by atoms with E-state index in [2.05, 4.69) is 15.6 Å². The molecule has 0 saturated carbocycles. The van der Waals surface area contributed by atoms with Gasteiger partial charge < -0.3 is 0 Å².